The molecule has 0 fully saturated rings. The highest BCUT2D eigenvalue weighted by molar-refractivity contribution is 6.35. The third-order valence-electron chi connectivity index (χ3n) is 3.39. The molecule has 3 nitrogen and oxygen atoms in total. The number of halogens is 2. The van der Waals surface area contributed by atoms with Crippen LogP contribution < -0.4 is 0 Å². The van der Waals surface area contributed by atoms with Crippen molar-refractivity contribution in [1.29, 1.82) is 0 Å². The molecule has 1 aliphatic carbocycles. The van der Waals surface area contributed by atoms with Crippen LogP contribution in [0.3, 0.4) is 0 Å². The van der Waals surface area contributed by atoms with E-state index in [0.29, 0.717) is 35.0 Å². The Bertz CT molecular complexity index is 633. The van der Waals surface area contributed by atoms with Gasteiger partial charge in [0, 0.05) is 29.1 Å². The van der Waals surface area contributed by atoms with E-state index < -0.39 is 0 Å². The number of aliphatic hydroxyl groups is 1. The van der Waals surface area contributed by atoms with E-state index in [0.717, 1.165) is 5.56 Å². The number of nitrogens with zero attached hydrogens (tertiary/aromatic N) is 1. The summed E-state index contributed by atoms with van der Waals surface area (Å²) in [6.45, 7) is 4.26. The first kappa shape index (κ1) is 16.1. The molecule has 0 bridgehead atoms. The largest absolute Gasteiger partial charge is 0.511 e. The first-order valence-corrected chi connectivity index (χ1v) is 7.43. The second-order valence-electron chi connectivity index (χ2n) is 6.01. The van der Waals surface area contributed by atoms with Gasteiger partial charge in [-0.3, -0.25) is 9.79 Å². The molecule has 2 rings (SSSR count). The van der Waals surface area contributed by atoms with Gasteiger partial charge in [0.2, 0.25) is 0 Å². The topological polar surface area (TPSA) is 49.7 Å². The Labute approximate surface area is 134 Å². The van der Waals surface area contributed by atoms with Gasteiger partial charge in [-0.2, -0.15) is 0 Å². The number of Topliss-reactive ketones (excluding diaryl/α,β-unsaturated/α-hetero) is 1. The third kappa shape index (κ3) is 4.08. The second-order valence-corrected chi connectivity index (χ2v) is 6.85. The van der Waals surface area contributed by atoms with Gasteiger partial charge in [0.15, 0.2) is 5.78 Å². The van der Waals surface area contributed by atoms with Crippen molar-refractivity contribution >= 4 is 35.2 Å². The molecule has 0 radical (unpaired) electrons. The lowest BCUT2D eigenvalue weighted by Gasteiger charge is -2.28. The van der Waals surface area contributed by atoms with Gasteiger partial charge < -0.3 is 5.11 Å². The molecule has 112 valence electrons. The predicted molar refractivity (Wildman–Crippen MR) is 86.3 cm³/mol. The minimum atomic E-state index is -0.196. The van der Waals surface area contributed by atoms with Crippen LogP contribution in [0.4, 0.5) is 0 Å². The zero-order valence-corrected chi connectivity index (χ0v) is 13.5. The maximum atomic E-state index is 12.0. The number of hydrogen-bond acceptors (Lipinski definition) is 3. The maximum Gasteiger partial charge on any atom is 0.168 e. The van der Waals surface area contributed by atoms with E-state index in [-0.39, 0.29) is 17.0 Å². The second kappa shape index (κ2) is 6.20. The van der Waals surface area contributed by atoms with Gasteiger partial charge in [0.1, 0.15) is 5.76 Å². The van der Waals surface area contributed by atoms with E-state index in [9.17, 15) is 9.90 Å². The van der Waals surface area contributed by atoms with Crippen molar-refractivity contribution in [3.05, 3.63) is 45.1 Å². The molecular formula is C16H17Cl2NO2. The van der Waals surface area contributed by atoms with Crippen LogP contribution in [0.25, 0.3) is 0 Å². The van der Waals surface area contributed by atoms with E-state index in [1.54, 1.807) is 18.2 Å². The number of aliphatic imine (C=N–C) groups is 1. The number of rotatable bonds is 3. The third-order valence-corrected chi connectivity index (χ3v) is 3.98. The highest BCUT2D eigenvalue weighted by atomic mass is 35.5. The van der Waals surface area contributed by atoms with Crippen molar-refractivity contribution in [1.82, 2.24) is 0 Å². The molecule has 1 aliphatic rings. The first-order valence-electron chi connectivity index (χ1n) is 6.67. The van der Waals surface area contributed by atoms with E-state index in [1.807, 2.05) is 13.8 Å². The van der Waals surface area contributed by atoms with Crippen molar-refractivity contribution in [2.24, 2.45) is 10.4 Å². The molecule has 1 N–H and O–H groups in total. The van der Waals surface area contributed by atoms with Crippen LogP contribution in [-0.4, -0.2) is 17.1 Å². The fourth-order valence-electron chi connectivity index (χ4n) is 2.33. The quantitative estimate of drug-likeness (QED) is 0.814. The predicted octanol–water partition coefficient (Wildman–Crippen LogP) is 4.77. The summed E-state index contributed by atoms with van der Waals surface area (Å²) in [5.74, 6) is 0.0388. The van der Waals surface area contributed by atoms with Gasteiger partial charge in [0.05, 0.1) is 12.1 Å². The number of benzene rings is 1. The summed E-state index contributed by atoms with van der Waals surface area (Å²) in [7, 11) is 0. The standard InChI is InChI=1S/C16H17Cl2NO2/c1-16(2)6-14(20)12(15(21)7-16)9-19-8-10-3-4-11(17)5-13(10)18/h3-5,9,20H,6-8H2,1-2H3. The van der Waals surface area contributed by atoms with Crippen LogP contribution in [0.15, 0.2) is 34.5 Å². The molecular weight excluding hydrogens is 309 g/mol. The Morgan fingerprint density at radius 2 is 2.05 bits per heavy atom. The van der Waals surface area contributed by atoms with E-state index >= 15 is 0 Å². The van der Waals surface area contributed by atoms with Crippen LogP contribution in [0.2, 0.25) is 10.0 Å². The summed E-state index contributed by atoms with van der Waals surface area (Å²) in [4.78, 5) is 16.2. The molecule has 0 aromatic heterocycles. The zero-order chi connectivity index (χ0) is 15.6. The maximum absolute atomic E-state index is 12.0. The van der Waals surface area contributed by atoms with Crippen LogP contribution >= 0.6 is 23.2 Å². The minimum absolute atomic E-state index is 0.0743. The van der Waals surface area contributed by atoms with Crippen LogP contribution in [-0.2, 0) is 11.3 Å². The molecule has 0 aliphatic heterocycles. The van der Waals surface area contributed by atoms with Gasteiger partial charge in [-0.1, -0.05) is 43.1 Å². The molecule has 0 heterocycles. The molecule has 0 saturated heterocycles. The van der Waals surface area contributed by atoms with Crippen molar-refractivity contribution in [2.75, 3.05) is 0 Å². The number of ketones is 1. The fourth-order valence-corrected chi connectivity index (χ4v) is 2.80. The Hall–Kier alpha value is -1.32. The van der Waals surface area contributed by atoms with Gasteiger partial charge in [-0.05, 0) is 23.1 Å². The average Bonchev–Trinajstić information content (AvgIpc) is 2.33. The summed E-state index contributed by atoms with van der Waals surface area (Å²) in [6, 6.07) is 5.18. The molecule has 0 atom stereocenters. The van der Waals surface area contributed by atoms with Crippen molar-refractivity contribution in [3.8, 4) is 0 Å². The Morgan fingerprint density at radius 1 is 1.33 bits per heavy atom. The SMILES string of the molecule is CC1(C)CC(=O)C(C=NCc2ccc(Cl)cc2Cl)=C(O)C1. The van der Waals surface area contributed by atoms with Gasteiger partial charge >= 0.3 is 0 Å². The normalized spacial score (nSPS) is 18.6. The van der Waals surface area contributed by atoms with E-state index in [1.165, 1.54) is 6.21 Å². The van der Waals surface area contributed by atoms with E-state index in [2.05, 4.69) is 4.99 Å². The highest BCUT2D eigenvalue weighted by Crippen LogP contribution is 2.35. The lowest BCUT2D eigenvalue weighted by Crippen LogP contribution is -2.26. The fraction of sp³-hybridized carbons (Fsp3) is 0.375. The number of hydrogen-bond donors (Lipinski definition) is 1. The summed E-state index contributed by atoms with van der Waals surface area (Å²) in [5, 5.41) is 11.1. The summed E-state index contributed by atoms with van der Waals surface area (Å²) in [5.41, 5.74) is 0.929. The smallest absolute Gasteiger partial charge is 0.168 e. The van der Waals surface area contributed by atoms with Crippen molar-refractivity contribution in [3.63, 3.8) is 0 Å². The van der Waals surface area contributed by atoms with Crippen molar-refractivity contribution in [2.45, 2.75) is 33.2 Å². The van der Waals surface area contributed by atoms with Crippen molar-refractivity contribution < 1.29 is 9.90 Å². The highest BCUT2D eigenvalue weighted by Gasteiger charge is 2.32. The molecule has 21 heavy (non-hydrogen) atoms. The summed E-state index contributed by atoms with van der Waals surface area (Å²) < 4.78 is 0. The molecule has 5 heteroatoms. The number of carbonyl (C=O) groups excluding carboxylic acids is 1. The lowest BCUT2D eigenvalue weighted by atomic mass is 9.77. The van der Waals surface area contributed by atoms with Crippen LogP contribution in [0, 0.1) is 5.41 Å². The average molecular weight is 326 g/mol. The summed E-state index contributed by atoms with van der Waals surface area (Å²) >= 11 is 11.9. The van der Waals surface area contributed by atoms with Gasteiger partial charge in [-0.15, -0.1) is 0 Å². The molecule has 0 amide bonds. The monoisotopic (exact) mass is 325 g/mol. The van der Waals surface area contributed by atoms with E-state index in [4.69, 9.17) is 23.2 Å². The van der Waals surface area contributed by atoms with Gasteiger partial charge in [0.25, 0.3) is 0 Å². The lowest BCUT2D eigenvalue weighted by molar-refractivity contribution is -0.117. The molecule has 0 spiro atoms. The van der Waals surface area contributed by atoms with Crippen LogP contribution in [0.1, 0.15) is 32.3 Å². The number of carbonyl (C=O) groups is 1. The molecule has 1 aromatic rings. The number of allylic oxidation sites excluding steroid dienone is 2. The number of aliphatic hydroxyl groups excluding tert-OH is 1. The van der Waals surface area contributed by atoms with Gasteiger partial charge in [-0.25, -0.2) is 0 Å². The van der Waals surface area contributed by atoms with Crippen LogP contribution in [0.5, 0.6) is 0 Å². The minimum Gasteiger partial charge on any atom is -0.511 e. The Morgan fingerprint density at radius 3 is 2.67 bits per heavy atom. The summed E-state index contributed by atoms with van der Waals surface area (Å²) in [6.07, 6.45) is 2.35. The molecule has 0 unspecified atom stereocenters. The Kier molecular flexibility index (Phi) is 4.74. The molecule has 1 aromatic carbocycles. The first-order chi connectivity index (χ1) is 9.78. The molecule has 0 saturated carbocycles. The zero-order valence-electron chi connectivity index (χ0n) is 12.0. The Balaban J connectivity index is 2.12.